The zero-order valence-corrected chi connectivity index (χ0v) is 13.3. The molecule has 0 spiro atoms. The van der Waals surface area contributed by atoms with E-state index in [2.05, 4.69) is 5.32 Å². The summed E-state index contributed by atoms with van der Waals surface area (Å²) in [6.45, 7) is 5.67. The van der Waals surface area contributed by atoms with E-state index in [0.29, 0.717) is 5.75 Å². The third-order valence-electron chi connectivity index (χ3n) is 3.47. The Labute approximate surface area is 131 Å². The first-order valence-electron chi connectivity index (χ1n) is 7.19. The fraction of sp³-hybridized carbons (Fsp3) is 0.278. The molecule has 4 heteroatoms. The van der Waals surface area contributed by atoms with E-state index in [0.717, 1.165) is 22.6 Å². The van der Waals surface area contributed by atoms with Gasteiger partial charge in [0.05, 0.1) is 7.11 Å². The van der Waals surface area contributed by atoms with Crippen LogP contribution in [0, 0.1) is 13.8 Å². The molecule has 22 heavy (non-hydrogen) atoms. The molecule has 2 aromatic rings. The molecule has 0 unspecified atom stereocenters. The summed E-state index contributed by atoms with van der Waals surface area (Å²) in [7, 11) is 1.61. The Bertz CT molecular complexity index is 630. The Morgan fingerprint density at radius 3 is 2.09 bits per heavy atom. The number of benzene rings is 2. The van der Waals surface area contributed by atoms with Gasteiger partial charge in [0.1, 0.15) is 11.5 Å². The van der Waals surface area contributed by atoms with Crippen LogP contribution < -0.4 is 14.8 Å². The summed E-state index contributed by atoms with van der Waals surface area (Å²) in [5, 5.41) is 2.93. The number of aryl methyl sites for hydroxylation is 2. The molecule has 0 bridgehead atoms. The highest BCUT2D eigenvalue weighted by atomic mass is 16.5. The van der Waals surface area contributed by atoms with E-state index in [1.54, 1.807) is 38.3 Å². The first-order valence-corrected chi connectivity index (χ1v) is 7.19. The van der Waals surface area contributed by atoms with E-state index in [9.17, 15) is 4.79 Å². The Morgan fingerprint density at radius 1 is 1.00 bits per heavy atom. The average molecular weight is 299 g/mol. The van der Waals surface area contributed by atoms with Gasteiger partial charge in [0.15, 0.2) is 6.10 Å². The van der Waals surface area contributed by atoms with Crippen molar-refractivity contribution < 1.29 is 14.3 Å². The maximum atomic E-state index is 12.3. The van der Waals surface area contributed by atoms with Gasteiger partial charge in [-0.15, -0.1) is 0 Å². The Hall–Kier alpha value is -2.49. The van der Waals surface area contributed by atoms with Crippen molar-refractivity contribution in [2.75, 3.05) is 12.4 Å². The normalized spacial score (nSPS) is 11.6. The highest BCUT2D eigenvalue weighted by molar-refractivity contribution is 5.95. The van der Waals surface area contributed by atoms with Crippen LogP contribution in [0.1, 0.15) is 18.1 Å². The first-order chi connectivity index (χ1) is 10.5. The number of rotatable bonds is 5. The fourth-order valence-corrected chi connectivity index (χ4v) is 2.15. The lowest BCUT2D eigenvalue weighted by molar-refractivity contribution is -0.122. The van der Waals surface area contributed by atoms with Crippen LogP contribution in [0.5, 0.6) is 11.5 Å². The number of nitrogens with one attached hydrogen (secondary N) is 1. The van der Waals surface area contributed by atoms with Crippen molar-refractivity contribution in [1.29, 1.82) is 0 Å². The number of ether oxygens (including phenoxy) is 2. The summed E-state index contributed by atoms with van der Waals surface area (Å²) in [6.07, 6.45) is -0.590. The summed E-state index contributed by atoms with van der Waals surface area (Å²) in [4.78, 5) is 12.3. The standard InChI is InChI=1S/C18H21NO3/c1-12-6-5-7-13(2)17(12)19-18(20)14(3)22-16-10-8-15(21-4)9-11-16/h5-11,14H,1-4H3,(H,19,20)/t14-/m1/s1. The predicted molar refractivity (Wildman–Crippen MR) is 87.6 cm³/mol. The number of hydrogen-bond acceptors (Lipinski definition) is 3. The molecule has 0 fully saturated rings. The highest BCUT2D eigenvalue weighted by Gasteiger charge is 2.16. The van der Waals surface area contributed by atoms with E-state index in [-0.39, 0.29) is 5.91 Å². The van der Waals surface area contributed by atoms with Crippen LogP contribution in [0.25, 0.3) is 0 Å². The number of anilines is 1. The van der Waals surface area contributed by atoms with Crippen molar-refractivity contribution >= 4 is 11.6 Å². The second-order valence-electron chi connectivity index (χ2n) is 5.19. The van der Waals surface area contributed by atoms with Gasteiger partial charge in [-0.1, -0.05) is 18.2 Å². The smallest absolute Gasteiger partial charge is 0.265 e. The number of carbonyl (C=O) groups excluding carboxylic acids is 1. The molecule has 0 saturated carbocycles. The van der Waals surface area contributed by atoms with Gasteiger partial charge in [-0.05, 0) is 56.2 Å². The summed E-state index contributed by atoms with van der Waals surface area (Å²) in [5.74, 6) is 1.21. The van der Waals surface area contributed by atoms with Crippen molar-refractivity contribution in [3.63, 3.8) is 0 Å². The van der Waals surface area contributed by atoms with Gasteiger partial charge in [-0.2, -0.15) is 0 Å². The van der Waals surface area contributed by atoms with E-state index < -0.39 is 6.10 Å². The quantitative estimate of drug-likeness (QED) is 0.915. The molecule has 0 radical (unpaired) electrons. The zero-order valence-electron chi connectivity index (χ0n) is 13.3. The summed E-state index contributed by atoms with van der Waals surface area (Å²) < 4.78 is 10.8. The molecular weight excluding hydrogens is 278 g/mol. The average Bonchev–Trinajstić information content (AvgIpc) is 2.51. The zero-order chi connectivity index (χ0) is 16.1. The minimum Gasteiger partial charge on any atom is -0.497 e. The van der Waals surface area contributed by atoms with Crippen molar-refractivity contribution in [3.05, 3.63) is 53.6 Å². The summed E-state index contributed by atoms with van der Waals surface area (Å²) >= 11 is 0. The second-order valence-corrected chi connectivity index (χ2v) is 5.19. The SMILES string of the molecule is COc1ccc(O[C@H](C)C(=O)Nc2c(C)cccc2C)cc1. The molecule has 1 atom stereocenters. The molecule has 0 aliphatic rings. The lowest BCUT2D eigenvalue weighted by atomic mass is 10.1. The third-order valence-corrected chi connectivity index (χ3v) is 3.47. The molecule has 0 saturated heterocycles. The maximum absolute atomic E-state index is 12.3. The van der Waals surface area contributed by atoms with Crippen LogP contribution in [0.4, 0.5) is 5.69 Å². The van der Waals surface area contributed by atoms with Crippen LogP contribution in [0.15, 0.2) is 42.5 Å². The molecule has 1 amide bonds. The molecule has 116 valence electrons. The predicted octanol–water partition coefficient (Wildman–Crippen LogP) is 3.72. The monoisotopic (exact) mass is 299 g/mol. The van der Waals surface area contributed by atoms with Crippen molar-refractivity contribution in [3.8, 4) is 11.5 Å². The van der Waals surface area contributed by atoms with Crippen molar-refractivity contribution in [2.24, 2.45) is 0 Å². The fourth-order valence-electron chi connectivity index (χ4n) is 2.15. The third kappa shape index (κ3) is 3.79. The van der Waals surface area contributed by atoms with E-state index >= 15 is 0 Å². The molecule has 0 aliphatic carbocycles. The number of amides is 1. The molecule has 2 rings (SSSR count). The van der Waals surface area contributed by atoms with Crippen LogP contribution in [0.3, 0.4) is 0 Å². The molecule has 0 aromatic heterocycles. The number of hydrogen-bond donors (Lipinski definition) is 1. The van der Waals surface area contributed by atoms with Gasteiger partial charge in [-0.25, -0.2) is 0 Å². The molecule has 1 N–H and O–H groups in total. The van der Waals surface area contributed by atoms with Crippen molar-refractivity contribution in [1.82, 2.24) is 0 Å². The summed E-state index contributed by atoms with van der Waals surface area (Å²) in [6, 6.07) is 13.1. The van der Waals surface area contributed by atoms with Gasteiger partial charge in [0.25, 0.3) is 5.91 Å². The molecule has 4 nitrogen and oxygen atoms in total. The van der Waals surface area contributed by atoms with Gasteiger partial charge in [0.2, 0.25) is 0 Å². The topological polar surface area (TPSA) is 47.6 Å². The van der Waals surface area contributed by atoms with Gasteiger partial charge >= 0.3 is 0 Å². The van der Waals surface area contributed by atoms with Gasteiger partial charge in [0, 0.05) is 5.69 Å². The number of carbonyl (C=O) groups is 1. The minimum absolute atomic E-state index is 0.173. The van der Waals surface area contributed by atoms with Crippen LogP contribution >= 0.6 is 0 Å². The number of para-hydroxylation sites is 1. The molecule has 2 aromatic carbocycles. The van der Waals surface area contributed by atoms with E-state index in [4.69, 9.17) is 9.47 Å². The second kappa shape index (κ2) is 6.98. The highest BCUT2D eigenvalue weighted by Crippen LogP contribution is 2.21. The lowest BCUT2D eigenvalue weighted by Crippen LogP contribution is -2.30. The van der Waals surface area contributed by atoms with Crippen LogP contribution in [-0.2, 0) is 4.79 Å². The van der Waals surface area contributed by atoms with Gasteiger partial charge < -0.3 is 14.8 Å². The Morgan fingerprint density at radius 2 is 1.55 bits per heavy atom. The van der Waals surface area contributed by atoms with E-state index in [1.165, 1.54) is 0 Å². The lowest BCUT2D eigenvalue weighted by Gasteiger charge is -2.17. The summed E-state index contributed by atoms with van der Waals surface area (Å²) in [5.41, 5.74) is 2.91. The Kier molecular flexibility index (Phi) is 5.04. The van der Waals surface area contributed by atoms with Gasteiger partial charge in [-0.3, -0.25) is 4.79 Å². The molecule has 0 heterocycles. The molecular formula is C18H21NO3. The Balaban J connectivity index is 2.02. The first kappa shape index (κ1) is 15.9. The largest absolute Gasteiger partial charge is 0.497 e. The maximum Gasteiger partial charge on any atom is 0.265 e. The van der Waals surface area contributed by atoms with E-state index in [1.807, 2.05) is 32.0 Å². The van der Waals surface area contributed by atoms with Crippen molar-refractivity contribution in [2.45, 2.75) is 26.9 Å². The van der Waals surface area contributed by atoms with Crippen LogP contribution in [-0.4, -0.2) is 19.1 Å². The molecule has 0 aliphatic heterocycles. The minimum atomic E-state index is -0.590. The van der Waals surface area contributed by atoms with Crippen LogP contribution in [0.2, 0.25) is 0 Å². The number of methoxy groups -OCH3 is 1.